The Morgan fingerprint density at radius 2 is 1.95 bits per heavy atom. The van der Waals surface area contributed by atoms with Crippen molar-refractivity contribution < 1.29 is 9.53 Å². The lowest BCUT2D eigenvalue weighted by Crippen LogP contribution is -2.08. The molecule has 2 aromatic rings. The Bertz CT molecular complexity index is 632. The molecule has 0 saturated carbocycles. The molecule has 0 saturated heterocycles. The van der Waals surface area contributed by atoms with E-state index >= 15 is 0 Å². The van der Waals surface area contributed by atoms with Crippen molar-refractivity contribution in [1.82, 2.24) is 0 Å². The molecule has 2 aromatic carbocycles. The molecule has 3 rings (SSSR count). The smallest absolute Gasteiger partial charge is 0.276 e. The lowest BCUT2D eigenvalue weighted by molar-refractivity contribution is 0.100. The Balaban J connectivity index is 1.75. The summed E-state index contributed by atoms with van der Waals surface area (Å²) in [5.41, 5.74) is 2.78. The Kier molecular flexibility index (Phi) is 3.11. The van der Waals surface area contributed by atoms with Gasteiger partial charge in [0, 0.05) is 18.2 Å². The standard InChI is InChI=1S/C16H13NO2/c18-16-15-7-6-14(10-13(15)8-9-17-16)19-11-12-4-2-1-3-5-12/h1-7,9-10H,8,11H2. The summed E-state index contributed by atoms with van der Waals surface area (Å²) in [7, 11) is 0. The first kappa shape index (κ1) is 11.7. The Morgan fingerprint density at radius 1 is 1.11 bits per heavy atom. The van der Waals surface area contributed by atoms with E-state index in [0.29, 0.717) is 18.6 Å². The molecular formula is C16H13NO2. The zero-order valence-corrected chi connectivity index (χ0v) is 10.4. The van der Waals surface area contributed by atoms with Gasteiger partial charge >= 0.3 is 0 Å². The summed E-state index contributed by atoms with van der Waals surface area (Å²) in [6.07, 6.45) is 2.33. The van der Waals surface area contributed by atoms with Crippen molar-refractivity contribution in [3.8, 4) is 5.75 Å². The molecule has 0 spiro atoms. The van der Waals surface area contributed by atoms with E-state index in [-0.39, 0.29) is 5.91 Å². The van der Waals surface area contributed by atoms with Crippen LogP contribution in [0.25, 0.3) is 0 Å². The van der Waals surface area contributed by atoms with Gasteiger partial charge in [-0.1, -0.05) is 30.3 Å². The summed E-state index contributed by atoms with van der Waals surface area (Å²) in [5.74, 6) is 0.613. The molecule has 1 heterocycles. The maximum atomic E-state index is 11.5. The van der Waals surface area contributed by atoms with Gasteiger partial charge in [-0.15, -0.1) is 0 Å². The summed E-state index contributed by atoms with van der Waals surface area (Å²) in [6.45, 7) is 0.529. The molecule has 0 fully saturated rings. The van der Waals surface area contributed by atoms with Crippen LogP contribution in [0, 0.1) is 0 Å². The van der Waals surface area contributed by atoms with Crippen LogP contribution in [0.2, 0.25) is 0 Å². The monoisotopic (exact) mass is 251 g/mol. The number of carbonyl (C=O) groups is 1. The van der Waals surface area contributed by atoms with Crippen LogP contribution in [-0.4, -0.2) is 12.1 Å². The number of amides is 1. The van der Waals surface area contributed by atoms with E-state index in [2.05, 4.69) is 4.99 Å². The molecule has 94 valence electrons. The van der Waals surface area contributed by atoms with Gasteiger partial charge in [0.05, 0.1) is 0 Å². The molecule has 3 heteroatoms. The van der Waals surface area contributed by atoms with Crippen molar-refractivity contribution >= 4 is 12.1 Å². The van der Waals surface area contributed by atoms with Crippen LogP contribution < -0.4 is 4.74 Å². The lowest BCUT2D eigenvalue weighted by atomic mass is 10.0. The van der Waals surface area contributed by atoms with Crippen LogP contribution >= 0.6 is 0 Å². The minimum absolute atomic E-state index is 0.171. The summed E-state index contributed by atoms with van der Waals surface area (Å²) in [6, 6.07) is 15.5. The molecule has 1 aliphatic rings. The Labute approximate surface area is 111 Å². The van der Waals surface area contributed by atoms with Crippen LogP contribution in [0.3, 0.4) is 0 Å². The normalized spacial score (nSPS) is 13.2. The number of rotatable bonds is 3. The second kappa shape index (κ2) is 5.06. The largest absolute Gasteiger partial charge is 0.489 e. The SMILES string of the molecule is O=C1N=CCc2cc(OCc3ccccc3)ccc21. The minimum Gasteiger partial charge on any atom is -0.489 e. The maximum absolute atomic E-state index is 11.5. The summed E-state index contributed by atoms with van der Waals surface area (Å²) in [4.78, 5) is 15.3. The van der Waals surface area contributed by atoms with Gasteiger partial charge in [0.1, 0.15) is 12.4 Å². The van der Waals surface area contributed by atoms with Gasteiger partial charge in [-0.2, -0.15) is 0 Å². The maximum Gasteiger partial charge on any atom is 0.276 e. The van der Waals surface area contributed by atoms with Crippen LogP contribution in [0.4, 0.5) is 0 Å². The fourth-order valence-corrected chi connectivity index (χ4v) is 2.07. The van der Waals surface area contributed by atoms with Gasteiger partial charge in [0.15, 0.2) is 0 Å². The highest BCUT2D eigenvalue weighted by Crippen LogP contribution is 2.22. The summed E-state index contributed by atoms with van der Waals surface area (Å²) < 4.78 is 5.74. The van der Waals surface area contributed by atoms with Crippen molar-refractivity contribution in [3.05, 3.63) is 65.2 Å². The third kappa shape index (κ3) is 2.55. The molecule has 1 aliphatic heterocycles. The van der Waals surface area contributed by atoms with Crippen molar-refractivity contribution in [1.29, 1.82) is 0 Å². The fourth-order valence-electron chi connectivity index (χ4n) is 2.07. The highest BCUT2D eigenvalue weighted by atomic mass is 16.5. The zero-order valence-electron chi connectivity index (χ0n) is 10.4. The Morgan fingerprint density at radius 3 is 2.79 bits per heavy atom. The van der Waals surface area contributed by atoms with E-state index in [1.165, 1.54) is 0 Å². The number of carbonyl (C=O) groups excluding carboxylic acids is 1. The van der Waals surface area contributed by atoms with Crippen LogP contribution in [0.1, 0.15) is 21.5 Å². The van der Waals surface area contributed by atoms with Gasteiger partial charge < -0.3 is 4.74 Å². The van der Waals surface area contributed by atoms with Crippen molar-refractivity contribution in [2.45, 2.75) is 13.0 Å². The predicted molar refractivity (Wildman–Crippen MR) is 73.7 cm³/mol. The molecule has 3 nitrogen and oxygen atoms in total. The second-order valence-electron chi connectivity index (χ2n) is 4.41. The first-order chi connectivity index (χ1) is 9.33. The number of aliphatic imine (C=N–C) groups is 1. The van der Waals surface area contributed by atoms with Gasteiger partial charge in [0.25, 0.3) is 5.91 Å². The quantitative estimate of drug-likeness (QED) is 0.841. The van der Waals surface area contributed by atoms with E-state index < -0.39 is 0 Å². The topological polar surface area (TPSA) is 38.7 Å². The third-order valence-electron chi connectivity index (χ3n) is 3.08. The molecule has 0 radical (unpaired) electrons. The molecule has 0 bridgehead atoms. The molecule has 0 N–H and O–H groups in total. The fraction of sp³-hybridized carbons (Fsp3) is 0.125. The van der Waals surface area contributed by atoms with Gasteiger partial charge in [0.2, 0.25) is 0 Å². The van der Waals surface area contributed by atoms with E-state index in [1.54, 1.807) is 12.3 Å². The molecular weight excluding hydrogens is 238 g/mol. The number of hydrogen-bond donors (Lipinski definition) is 0. The van der Waals surface area contributed by atoms with Crippen molar-refractivity contribution in [3.63, 3.8) is 0 Å². The number of benzene rings is 2. The highest BCUT2D eigenvalue weighted by molar-refractivity contribution is 6.03. The first-order valence-electron chi connectivity index (χ1n) is 6.19. The van der Waals surface area contributed by atoms with Crippen molar-refractivity contribution in [2.75, 3.05) is 0 Å². The lowest BCUT2D eigenvalue weighted by Gasteiger charge is -2.12. The zero-order chi connectivity index (χ0) is 13.1. The van der Waals surface area contributed by atoms with Gasteiger partial charge in [-0.05, 0) is 29.3 Å². The minimum atomic E-state index is -0.171. The predicted octanol–water partition coefficient (Wildman–Crippen LogP) is 3.03. The Hall–Kier alpha value is -2.42. The summed E-state index contributed by atoms with van der Waals surface area (Å²) in [5, 5.41) is 0. The average Bonchev–Trinajstić information content (AvgIpc) is 2.46. The van der Waals surface area contributed by atoms with Crippen LogP contribution in [-0.2, 0) is 13.0 Å². The molecule has 0 atom stereocenters. The molecule has 19 heavy (non-hydrogen) atoms. The van der Waals surface area contributed by atoms with E-state index in [4.69, 9.17) is 4.74 Å². The second-order valence-corrected chi connectivity index (χ2v) is 4.41. The number of fused-ring (bicyclic) bond motifs is 1. The first-order valence-corrected chi connectivity index (χ1v) is 6.19. The van der Waals surface area contributed by atoms with Gasteiger partial charge in [-0.25, -0.2) is 4.99 Å². The van der Waals surface area contributed by atoms with Crippen LogP contribution in [0.5, 0.6) is 5.75 Å². The van der Waals surface area contributed by atoms with E-state index in [9.17, 15) is 4.79 Å². The molecule has 1 amide bonds. The van der Waals surface area contributed by atoms with Crippen LogP contribution in [0.15, 0.2) is 53.5 Å². The highest BCUT2D eigenvalue weighted by Gasteiger charge is 2.14. The number of ether oxygens (including phenoxy) is 1. The summed E-state index contributed by atoms with van der Waals surface area (Å²) >= 11 is 0. The molecule has 0 aliphatic carbocycles. The van der Waals surface area contributed by atoms with Crippen molar-refractivity contribution in [2.24, 2.45) is 4.99 Å². The van der Waals surface area contributed by atoms with Gasteiger partial charge in [-0.3, -0.25) is 4.79 Å². The third-order valence-corrected chi connectivity index (χ3v) is 3.08. The number of nitrogens with zero attached hydrogens (tertiary/aromatic N) is 1. The molecule has 0 unspecified atom stereocenters. The number of hydrogen-bond acceptors (Lipinski definition) is 2. The molecule has 0 aromatic heterocycles. The average molecular weight is 251 g/mol. The van der Waals surface area contributed by atoms with E-state index in [0.717, 1.165) is 16.9 Å². The van der Waals surface area contributed by atoms with E-state index in [1.807, 2.05) is 42.5 Å².